The highest BCUT2D eigenvalue weighted by atomic mass is 16.5. The summed E-state index contributed by atoms with van der Waals surface area (Å²) in [6.45, 7) is 0.876. The summed E-state index contributed by atoms with van der Waals surface area (Å²) in [4.78, 5) is 8.82. The van der Waals surface area contributed by atoms with Gasteiger partial charge in [0.1, 0.15) is 17.1 Å². The van der Waals surface area contributed by atoms with Crippen LogP contribution >= 0.6 is 0 Å². The zero-order valence-electron chi connectivity index (χ0n) is 9.53. The molecular formula is C12H15N3O. The maximum atomic E-state index is 5.28. The number of likely N-dealkylation sites (N-methyl/N-ethyl adjacent to an activating group) is 1. The number of aromatic nitrogens is 2. The fourth-order valence-electron chi connectivity index (χ4n) is 1.59. The second-order valence-corrected chi connectivity index (χ2v) is 3.54. The van der Waals surface area contributed by atoms with Crippen LogP contribution in [-0.4, -0.2) is 30.7 Å². The monoisotopic (exact) mass is 217 g/mol. The van der Waals surface area contributed by atoms with E-state index in [0.717, 1.165) is 35.4 Å². The molecule has 0 aliphatic rings. The summed E-state index contributed by atoms with van der Waals surface area (Å²) in [5.41, 5.74) is 0.881. The molecule has 1 aromatic heterocycles. The second kappa shape index (κ2) is 4.90. The van der Waals surface area contributed by atoms with Crippen LogP contribution in [0.25, 0.3) is 10.9 Å². The van der Waals surface area contributed by atoms with E-state index in [4.69, 9.17) is 4.74 Å². The number of ether oxygens (including phenoxy) is 1. The highest BCUT2D eigenvalue weighted by Crippen LogP contribution is 2.22. The topological polar surface area (TPSA) is 47.0 Å². The minimum atomic E-state index is 0.797. The fourth-order valence-corrected chi connectivity index (χ4v) is 1.59. The van der Waals surface area contributed by atoms with E-state index in [1.54, 1.807) is 7.11 Å². The van der Waals surface area contributed by atoms with E-state index in [1.165, 1.54) is 0 Å². The maximum absolute atomic E-state index is 5.28. The smallest absolute Gasteiger partial charge is 0.145 e. The van der Waals surface area contributed by atoms with Crippen molar-refractivity contribution in [2.45, 2.75) is 6.42 Å². The molecule has 1 aromatic carbocycles. The maximum Gasteiger partial charge on any atom is 0.145 e. The molecule has 0 amide bonds. The molecule has 4 nitrogen and oxygen atoms in total. The van der Waals surface area contributed by atoms with Gasteiger partial charge in [0.25, 0.3) is 0 Å². The van der Waals surface area contributed by atoms with Gasteiger partial charge in [0.15, 0.2) is 0 Å². The number of benzene rings is 1. The third kappa shape index (κ3) is 2.12. The molecule has 0 fully saturated rings. The van der Waals surface area contributed by atoms with Crippen LogP contribution in [-0.2, 0) is 6.42 Å². The van der Waals surface area contributed by atoms with Gasteiger partial charge in [-0.15, -0.1) is 0 Å². The number of nitrogens with zero attached hydrogens (tertiary/aromatic N) is 2. The molecule has 16 heavy (non-hydrogen) atoms. The van der Waals surface area contributed by atoms with Crippen molar-refractivity contribution in [1.82, 2.24) is 15.3 Å². The van der Waals surface area contributed by atoms with Gasteiger partial charge in [0.2, 0.25) is 0 Å². The van der Waals surface area contributed by atoms with Gasteiger partial charge < -0.3 is 10.1 Å². The average molecular weight is 217 g/mol. The Morgan fingerprint density at radius 1 is 1.38 bits per heavy atom. The number of hydrogen-bond acceptors (Lipinski definition) is 4. The fraction of sp³-hybridized carbons (Fsp3) is 0.333. The molecule has 2 rings (SSSR count). The van der Waals surface area contributed by atoms with E-state index in [2.05, 4.69) is 15.3 Å². The first kappa shape index (κ1) is 10.8. The van der Waals surface area contributed by atoms with Crippen LogP contribution in [0.3, 0.4) is 0 Å². The Labute approximate surface area is 94.7 Å². The number of fused-ring (bicyclic) bond motifs is 1. The van der Waals surface area contributed by atoms with Crippen molar-refractivity contribution in [2.75, 3.05) is 20.7 Å². The van der Waals surface area contributed by atoms with Gasteiger partial charge in [0, 0.05) is 24.5 Å². The van der Waals surface area contributed by atoms with Crippen LogP contribution in [0.4, 0.5) is 0 Å². The van der Waals surface area contributed by atoms with Gasteiger partial charge in [-0.3, -0.25) is 0 Å². The first-order valence-corrected chi connectivity index (χ1v) is 5.28. The second-order valence-electron chi connectivity index (χ2n) is 3.54. The molecule has 0 unspecified atom stereocenters. The van der Waals surface area contributed by atoms with E-state index in [0.29, 0.717) is 0 Å². The first-order valence-electron chi connectivity index (χ1n) is 5.28. The van der Waals surface area contributed by atoms with Crippen LogP contribution in [0.5, 0.6) is 5.75 Å². The highest BCUT2D eigenvalue weighted by Gasteiger charge is 2.04. The van der Waals surface area contributed by atoms with Crippen molar-refractivity contribution in [2.24, 2.45) is 0 Å². The van der Waals surface area contributed by atoms with Crippen LogP contribution in [0.15, 0.2) is 24.4 Å². The molecule has 2 aromatic rings. The largest absolute Gasteiger partial charge is 0.494 e. The number of methoxy groups -OCH3 is 1. The quantitative estimate of drug-likeness (QED) is 0.841. The minimum absolute atomic E-state index is 0.797. The number of nitrogens with one attached hydrogen (secondary N) is 1. The van der Waals surface area contributed by atoms with Crippen molar-refractivity contribution < 1.29 is 4.74 Å². The lowest BCUT2D eigenvalue weighted by Gasteiger charge is -2.05. The lowest BCUT2D eigenvalue weighted by molar-refractivity contribution is 0.418. The van der Waals surface area contributed by atoms with E-state index in [1.807, 2.05) is 31.4 Å². The molecule has 0 radical (unpaired) electrons. The minimum Gasteiger partial charge on any atom is -0.494 e. The van der Waals surface area contributed by atoms with Crippen LogP contribution < -0.4 is 10.1 Å². The lowest BCUT2D eigenvalue weighted by atomic mass is 10.2. The molecule has 4 heteroatoms. The summed E-state index contributed by atoms with van der Waals surface area (Å²) in [6, 6.07) is 5.84. The van der Waals surface area contributed by atoms with Crippen LogP contribution in [0, 0.1) is 0 Å². The zero-order valence-corrected chi connectivity index (χ0v) is 9.53. The van der Waals surface area contributed by atoms with Crippen molar-refractivity contribution in [3.63, 3.8) is 0 Å². The van der Waals surface area contributed by atoms with E-state index in [9.17, 15) is 0 Å². The summed E-state index contributed by atoms with van der Waals surface area (Å²) in [7, 11) is 3.58. The molecule has 1 heterocycles. The highest BCUT2D eigenvalue weighted by molar-refractivity contribution is 5.83. The van der Waals surface area contributed by atoms with Crippen molar-refractivity contribution in [1.29, 1.82) is 0 Å². The van der Waals surface area contributed by atoms with E-state index < -0.39 is 0 Å². The molecule has 0 spiro atoms. The Bertz CT molecular complexity index is 485. The Hall–Kier alpha value is -1.68. The van der Waals surface area contributed by atoms with E-state index >= 15 is 0 Å². The SMILES string of the molecule is CNCCc1ncc2cccc(OC)c2n1. The Balaban J connectivity index is 2.42. The van der Waals surface area contributed by atoms with Gasteiger partial charge in [0.05, 0.1) is 7.11 Å². The molecule has 0 saturated heterocycles. The van der Waals surface area contributed by atoms with Crippen molar-refractivity contribution in [3.8, 4) is 5.75 Å². The predicted octanol–water partition coefficient (Wildman–Crippen LogP) is 1.40. The van der Waals surface area contributed by atoms with Crippen molar-refractivity contribution in [3.05, 3.63) is 30.2 Å². The Kier molecular flexibility index (Phi) is 3.31. The zero-order chi connectivity index (χ0) is 11.4. The summed E-state index contributed by atoms with van der Waals surface area (Å²) in [5.74, 6) is 1.64. The number of hydrogen-bond donors (Lipinski definition) is 1. The Morgan fingerprint density at radius 3 is 3.00 bits per heavy atom. The molecule has 0 aliphatic heterocycles. The standard InChI is InChI=1S/C12H15N3O/c1-13-7-6-11-14-8-9-4-3-5-10(16-2)12(9)15-11/h3-5,8,13H,6-7H2,1-2H3. The first-order chi connectivity index (χ1) is 7.85. The summed E-state index contributed by atoms with van der Waals surface area (Å²) in [6.07, 6.45) is 2.67. The molecule has 0 aliphatic carbocycles. The summed E-state index contributed by atoms with van der Waals surface area (Å²) in [5, 5.41) is 4.09. The summed E-state index contributed by atoms with van der Waals surface area (Å²) < 4.78 is 5.28. The molecule has 1 N–H and O–H groups in total. The van der Waals surface area contributed by atoms with Crippen molar-refractivity contribution >= 4 is 10.9 Å². The third-order valence-electron chi connectivity index (χ3n) is 2.44. The third-order valence-corrected chi connectivity index (χ3v) is 2.44. The van der Waals surface area contributed by atoms with Gasteiger partial charge in [-0.25, -0.2) is 9.97 Å². The molecule has 0 atom stereocenters. The van der Waals surface area contributed by atoms with Gasteiger partial charge >= 0.3 is 0 Å². The van der Waals surface area contributed by atoms with Gasteiger partial charge in [-0.1, -0.05) is 12.1 Å². The van der Waals surface area contributed by atoms with Gasteiger partial charge in [-0.05, 0) is 13.1 Å². The van der Waals surface area contributed by atoms with Gasteiger partial charge in [-0.2, -0.15) is 0 Å². The normalized spacial score (nSPS) is 10.6. The number of para-hydroxylation sites is 1. The molecular weight excluding hydrogens is 202 g/mol. The Morgan fingerprint density at radius 2 is 2.25 bits per heavy atom. The molecule has 0 bridgehead atoms. The summed E-state index contributed by atoms with van der Waals surface area (Å²) >= 11 is 0. The van der Waals surface area contributed by atoms with Crippen LogP contribution in [0.2, 0.25) is 0 Å². The average Bonchev–Trinajstić information content (AvgIpc) is 2.35. The van der Waals surface area contributed by atoms with Crippen LogP contribution in [0.1, 0.15) is 5.82 Å². The molecule has 0 saturated carbocycles. The predicted molar refractivity (Wildman–Crippen MR) is 63.7 cm³/mol. The number of rotatable bonds is 4. The van der Waals surface area contributed by atoms with E-state index in [-0.39, 0.29) is 0 Å². The lowest BCUT2D eigenvalue weighted by Crippen LogP contribution is -2.12. The molecule has 84 valence electrons.